The van der Waals surface area contributed by atoms with E-state index < -0.39 is 23.8 Å². The molecule has 1 amide bonds. The summed E-state index contributed by atoms with van der Waals surface area (Å²) in [5, 5.41) is 20.7. The second-order valence-electron chi connectivity index (χ2n) is 6.10. The average Bonchev–Trinajstić information content (AvgIpc) is 2.74. The van der Waals surface area contributed by atoms with Crippen molar-refractivity contribution in [1.29, 1.82) is 0 Å². The predicted molar refractivity (Wildman–Crippen MR) is 106 cm³/mol. The van der Waals surface area contributed by atoms with Gasteiger partial charge in [-0.3, -0.25) is 4.79 Å². The number of carbonyl (C=O) groups excluding carboxylic acids is 2. The van der Waals surface area contributed by atoms with Crippen LogP contribution in [0.2, 0.25) is 0 Å². The van der Waals surface area contributed by atoms with E-state index in [-0.39, 0.29) is 28.1 Å². The minimum absolute atomic E-state index is 0.146. The van der Waals surface area contributed by atoms with Crippen molar-refractivity contribution in [1.82, 2.24) is 0 Å². The van der Waals surface area contributed by atoms with E-state index in [1.807, 2.05) is 0 Å². The van der Waals surface area contributed by atoms with E-state index in [0.29, 0.717) is 5.56 Å². The fraction of sp³-hybridized carbons (Fsp3) is 0. The Kier molecular flexibility index (Phi) is 5.88. The number of carbonyl (C=O) groups is 4. The monoisotopic (exact) mass is 405 g/mol. The van der Waals surface area contributed by atoms with Crippen LogP contribution in [0.3, 0.4) is 0 Å². The van der Waals surface area contributed by atoms with Gasteiger partial charge in [-0.2, -0.15) is 0 Å². The predicted octanol–water partition coefficient (Wildman–Crippen LogP) is 3.55. The lowest BCUT2D eigenvalue weighted by atomic mass is 10.1. The summed E-state index contributed by atoms with van der Waals surface area (Å²) in [6, 6.07) is 17.3. The first-order valence-corrected chi connectivity index (χ1v) is 8.64. The molecule has 3 N–H and O–H groups in total. The molecule has 3 aromatic carbocycles. The Hall–Kier alpha value is -4.46. The van der Waals surface area contributed by atoms with Crippen LogP contribution in [0.15, 0.2) is 72.8 Å². The van der Waals surface area contributed by atoms with Gasteiger partial charge in [-0.25, -0.2) is 14.4 Å². The molecule has 30 heavy (non-hydrogen) atoms. The SMILES string of the molecule is O=C(O)c1ccc(C(=O)O)c(NC(=O)c2ccc(OC(=O)c3ccccc3)cc2)c1. The van der Waals surface area contributed by atoms with Gasteiger partial charge < -0.3 is 20.3 Å². The second-order valence-corrected chi connectivity index (χ2v) is 6.10. The highest BCUT2D eigenvalue weighted by atomic mass is 16.5. The van der Waals surface area contributed by atoms with Crippen LogP contribution in [0.1, 0.15) is 41.4 Å². The molecule has 0 unspecified atom stereocenters. The summed E-state index contributed by atoms with van der Waals surface area (Å²) < 4.78 is 5.23. The number of carboxylic acids is 2. The first kappa shape index (κ1) is 20.3. The molecule has 0 bridgehead atoms. The Morgan fingerprint density at radius 2 is 1.33 bits per heavy atom. The maximum atomic E-state index is 12.5. The highest BCUT2D eigenvalue weighted by Gasteiger charge is 2.17. The molecule has 0 saturated carbocycles. The summed E-state index contributed by atoms with van der Waals surface area (Å²) >= 11 is 0. The Morgan fingerprint density at radius 1 is 0.700 bits per heavy atom. The molecular weight excluding hydrogens is 390 g/mol. The molecule has 0 aliphatic rings. The molecular formula is C22H15NO7. The molecule has 0 aliphatic heterocycles. The number of hydrogen-bond donors (Lipinski definition) is 3. The molecule has 0 radical (unpaired) electrons. The van der Waals surface area contributed by atoms with Crippen LogP contribution < -0.4 is 10.1 Å². The first-order chi connectivity index (χ1) is 14.3. The van der Waals surface area contributed by atoms with Gasteiger partial charge in [0.25, 0.3) is 5.91 Å². The zero-order valence-electron chi connectivity index (χ0n) is 15.4. The van der Waals surface area contributed by atoms with Crippen molar-refractivity contribution in [2.24, 2.45) is 0 Å². The fourth-order valence-electron chi connectivity index (χ4n) is 2.58. The summed E-state index contributed by atoms with van der Waals surface area (Å²) in [5.41, 5.74) is -0.0300. The lowest BCUT2D eigenvalue weighted by molar-refractivity contribution is 0.0682. The number of esters is 1. The van der Waals surface area contributed by atoms with Gasteiger partial charge >= 0.3 is 17.9 Å². The molecule has 150 valence electrons. The summed E-state index contributed by atoms with van der Waals surface area (Å²) in [5.74, 6) is -3.55. The Balaban J connectivity index is 1.75. The number of rotatable bonds is 6. The van der Waals surface area contributed by atoms with Crippen LogP contribution in [0.25, 0.3) is 0 Å². The Labute approximate surface area is 170 Å². The topological polar surface area (TPSA) is 130 Å². The molecule has 0 atom stereocenters. The van der Waals surface area contributed by atoms with Crippen LogP contribution >= 0.6 is 0 Å². The lowest BCUT2D eigenvalue weighted by Crippen LogP contribution is -2.16. The maximum absolute atomic E-state index is 12.5. The number of carboxylic acid groups (broad SMARTS) is 2. The van der Waals surface area contributed by atoms with Crippen molar-refractivity contribution in [3.8, 4) is 5.75 Å². The van der Waals surface area contributed by atoms with Gasteiger partial charge in [-0.05, 0) is 54.6 Å². The van der Waals surface area contributed by atoms with Crippen LogP contribution in [-0.2, 0) is 0 Å². The van der Waals surface area contributed by atoms with E-state index in [0.717, 1.165) is 18.2 Å². The van der Waals surface area contributed by atoms with Gasteiger partial charge in [-0.15, -0.1) is 0 Å². The van der Waals surface area contributed by atoms with Gasteiger partial charge in [0.1, 0.15) is 5.75 Å². The van der Waals surface area contributed by atoms with Crippen molar-refractivity contribution in [3.63, 3.8) is 0 Å². The third-order valence-corrected chi connectivity index (χ3v) is 4.08. The second kappa shape index (κ2) is 8.70. The quantitative estimate of drug-likeness (QED) is 0.422. The summed E-state index contributed by atoms with van der Waals surface area (Å²) in [4.78, 5) is 47.0. The van der Waals surface area contributed by atoms with Crippen LogP contribution in [0.5, 0.6) is 5.75 Å². The molecule has 0 fully saturated rings. The van der Waals surface area contributed by atoms with E-state index >= 15 is 0 Å². The molecule has 3 rings (SSSR count). The van der Waals surface area contributed by atoms with Gasteiger partial charge in [0.05, 0.1) is 22.4 Å². The number of nitrogens with one attached hydrogen (secondary N) is 1. The number of anilines is 1. The molecule has 0 heterocycles. The average molecular weight is 405 g/mol. The van der Waals surface area contributed by atoms with Crippen molar-refractivity contribution in [2.45, 2.75) is 0 Å². The largest absolute Gasteiger partial charge is 0.478 e. The summed E-state index contributed by atoms with van der Waals surface area (Å²) in [6.45, 7) is 0. The number of aromatic carboxylic acids is 2. The van der Waals surface area contributed by atoms with E-state index in [2.05, 4.69) is 5.32 Å². The Bertz CT molecular complexity index is 1120. The van der Waals surface area contributed by atoms with E-state index in [4.69, 9.17) is 9.84 Å². The summed E-state index contributed by atoms with van der Waals surface area (Å²) in [7, 11) is 0. The molecule has 3 aromatic rings. The van der Waals surface area contributed by atoms with Crippen LogP contribution in [0, 0.1) is 0 Å². The third-order valence-electron chi connectivity index (χ3n) is 4.08. The summed E-state index contributed by atoms with van der Waals surface area (Å²) in [6.07, 6.45) is 0. The molecule has 0 aliphatic carbocycles. The van der Waals surface area contributed by atoms with E-state index in [1.165, 1.54) is 24.3 Å². The molecule has 0 saturated heterocycles. The third kappa shape index (κ3) is 4.68. The maximum Gasteiger partial charge on any atom is 0.343 e. The van der Waals surface area contributed by atoms with Gasteiger partial charge in [0, 0.05) is 5.56 Å². The van der Waals surface area contributed by atoms with E-state index in [1.54, 1.807) is 30.3 Å². The molecule has 8 heteroatoms. The van der Waals surface area contributed by atoms with E-state index in [9.17, 15) is 24.3 Å². The van der Waals surface area contributed by atoms with Crippen molar-refractivity contribution in [3.05, 3.63) is 95.1 Å². The van der Waals surface area contributed by atoms with Gasteiger partial charge in [-0.1, -0.05) is 18.2 Å². The number of amides is 1. The normalized spacial score (nSPS) is 10.1. The Morgan fingerprint density at radius 3 is 1.93 bits per heavy atom. The smallest absolute Gasteiger partial charge is 0.343 e. The minimum Gasteiger partial charge on any atom is -0.478 e. The molecule has 8 nitrogen and oxygen atoms in total. The highest BCUT2D eigenvalue weighted by molar-refractivity contribution is 6.08. The van der Waals surface area contributed by atoms with Crippen molar-refractivity contribution >= 4 is 29.5 Å². The number of ether oxygens (including phenoxy) is 1. The van der Waals surface area contributed by atoms with Crippen LogP contribution in [-0.4, -0.2) is 34.0 Å². The zero-order chi connectivity index (χ0) is 21.7. The minimum atomic E-state index is -1.31. The van der Waals surface area contributed by atoms with Crippen molar-refractivity contribution < 1.29 is 34.1 Å². The van der Waals surface area contributed by atoms with Gasteiger partial charge in [0.15, 0.2) is 0 Å². The van der Waals surface area contributed by atoms with Crippen LogP contribution in [0.4, 0.5) is 5.69 Å². The standard InChI is InChI=1S/C22H15NO7/c24-19(23-18-12-15(20(25)26)8-11-17(18)21(27)28)13-6-9-16(10-7-13)30-22(29)14-4-2-1-3-5-14/h1-12H,(H,23,24)(H,25,26)(H,27,28). The highest BCUT2D eigenvalue weighted by Crippen LogP contribution is 2.20. The first-order valence-electron chi connectivity index (χ1n) is 8.64. The lowest BCUT2D eigenvalue weighted by Gasteiger charge is -2.10. The van der Waals surface area contributed by atoms with Gasteiger partial charge in [0.2, 0.25) is 0 Å². The zero-order valence-corrected chi connectivity index (χ0v) is 15.4. The fourth-order valence-corrected chi connectivity index (χ4v) is 2.58. The number of hydrogen-bond acceptors (Lipinski definition) is 5. The number of benzene rings is 3. The molecule has 0 aromatic heterocycles. The van der Waals surface area contributed by atoms with Crippen molar-refractivity contribution in [2.75, 3.05) is 5.32 Å². The molecule has 0 spiro atoms.